The van der Waals surface area contributed by atoms with Crippen LogP contribution >= 0.6 is 0 Å². The van der Waals surface area contributed by atoms with E-state index in [0.29, 0.717) is 5.69 Å². The van der Waals surface area contributed by atoms with Crippen LogP contribution in [0.5, 0.6) is 5.75 Å². The molecule has 28 heavy (non-hydrogen) atoms. The molecule has 2 aromatic carbocycles. The lowest BCUT2D eigenvalue weighted by Gasteiger charge is -2.08. The van der Waals surface area contributed by atoms with Crippen LogP contribution in [0.3, 0.4) is 0 Å². The number of aromatic nitrogens is 2. The van der Waals surface area contributed by atoms with Crippen LogP contribution in [0.2, 0.25) is 0 Å². The summed E-state index contributed by atoms with van der Waals surface area (Å²) in [5, 5.41) is 20.5. The third-order valence-corrected chi connectivity index (χ3v) is 4.12. The number of carbonyl (C=O) groups is 1. The standard InChI is InChI=1S/C14H19N3O.C7H6O3/c1-10(2)15-13-11(3)16(4)17(14(13)18)12-8-6-5-7-9-12;8-6-4-2-1-3-5(6)7(9)10/h5-10,15H,1-4H3;1-4,8H,(H,9,10). The maximum absolute atomic E-state index is 12.4. The Labute approximate surface area is 163 Å². The van der Waals surface area contributed by atoms with Gasteiger partial charge < -0.3 is 15.5 Å². The van der Waals surface area contributed by atoms with E-state index in [1.54, 1.807) is 16.8 Å². The van der Waals surface area contributed by atoms with Gasteiger partial charge in [0.25, 0.3) is 5.56 Å². The highest BCUT2D eigenvalue weighted by Gasteiger charge is 2.16. The average Bonchev–Trinajstić information content (AvgIpc) is 2.86. The minimum atomic E-state index is -1.11. The lowest BCUT2D eigenvalue weighted by atomic mass is 10.2. The molecule has 0 atom stereocenters. The van der Waals surface area contributed by atoms with E-state index >= 15 is 0 Å². The van der Waals surface area contributed by atoms with E-state index in [0.717, 1.165) is 11.4 Å². The second kappa shape index (κ2) is 8.94. The summed E-state index contributed by atoms with van der Waals surface area (Å²) < 4.78 is 3.56. The number of hydrogen-bond acceptors (Lipinski definition) is 4. The van der Waals surface area contributed by atoms with Crippen molar-refractivity contribution in [2.24, 2.45) is 7.05 Å². The van der Waals surface area contributed by atoms with Gasteiger partial charge >= 0.3 is 5.97 Å². The Hall–Kier alpha value is -3.48. The number of hydrogen-bond donors (Lipinski definition) is 3. The highest BCUT2D eigenvalue weighted by Crippen LogP contribution is 2.15. The lowest BCUT2D eigenvalue weighted by Crippen LogP contribution is -2.22. The number of carboxylic acid groups (broad SMARTS) is 1. The SMILES string of the molecule is Cc1c(NC(C)C)c(=O)n(-c2ccccc2)n1C.O=C(O)c1ccccc1O. The van der Waals surface area contributed by atoms with Crippen molar-refractivity contribution in [2.75, 3.05) is 5.32 Å². The molecule has 0 aliphatic rings. The number of nitrogens with zero attached hydrogens (tertiary/aromatic N) is 2. The number of rotatable bonds is 4. The van der Waals surface area contributed by atoms with E-state index in [9.17, 15) is 9.59 Å². The average molecular weight is 383 g/mol. The first kappa shape index (κ1) is 20.8. The number of aromatic hydroxyl groups is 1. The van der Waals surface area contributed by atoms with Gasteiger partial charge in [0.2, 0.25) is 0 Å². The van der Waals surface area contributed by atoms with E-state index in [1.807, 2.05) is 62.8 Å². The first-order valence-corrected chi connectivity index (χ1v) is 8.85. The molecule has 3 N–H and O–H groups in total. The summed E-state index contributed by atoms with van der Waals surface area (Å²) in [4.78, 5) is 22.7. The Kier molecular flexibility index (Phi) is 6.65. The zero-order valence-electron chi connectivity index (χ0n) is 16.4. The molecular weight excluding hydrogens is 358 g/mol. The molecule has 0 spiro atoms. The summed E-state index contributed by atoms with van der Waals surface area (Å²) in [5.74, 6) is -1.31. The fourth-order valence-electron chi connectivity index (χ4n) is 2.68. The molecule has 0 bridgehead atoms. The molecule has 3 rings (SSSR count). The van der Waals surface area contributed by atoms with Crippen molar-refractivity contribution in [1.82, 2.24) is 9.36 Å². The molecule has 0 saturated heterocycles. The largest absolute Gasteiger partial charge is 0.507 e. The lowest BCUT2D eigenvalue weighted by molar-refractivity contribution is 0.0693. The Morgan fingerprint density at radius 2 is 1.61 bits per heavy atom. The molecule has 1 aromatic heterocycles. The quantitative estimate of drug-likeness (QED) is 0.642. The number of benzene rings is 2. The predicted octanol–water partition coefficient (Wildman–Crippen LogP) is 3.40. The van der Waals surface area contributed by atoms with Crippen LogP contribution in [0.25, 0.3) is 5.69 Å². The Morgan fingerprint density at radius 1 is 1.04 bits per heavy atom. The normalized spacial score (nSPS) is 10.3. The number of phenols is 1. The van der Waals surface area contributed by atoms with Crippen LogP contribution in [-0.4, -0.2) is 31.6 Å². The van der Waals surface area contributed by atoms with Crippen molar-refractivity contribution >= 4 is 11.7 Å². The first-order valence-electron chi connectivity index (χ1n) is 8.85. The van der Waals surface area contributed by atoms with Gasteiger partial charge in [-0.1, -0.05) is 30.3 Å². The molecule has 0 amide bonds. The van der Waals surface area contributed by atoms with Crippen LogP contribution in [0.4, 0.5) is 5.69 Å². The molecule has 0 fully saturated rings. The van der Waals surface area contributed by atoms with Gasteiger partial charge in [0.1, 0.15) is 17.0 Å². The van der Waals surface area contributed by atoms with Gasteiger partial charge in [-0.3, -0.25) is 9.48 Å². The monoisotopic (exact) mass is 383 g/mol. The van der Waals surface area contributed by atoms with E-state index in [4.69, 9.17) is 10.2 Å². The molecule has 1 heterocycles. The second-order valence-electron chi connectivity index (χ2n) is 6.56. The molecule has 0 aliphatic carbocycles. The Morgan fingerprint density at radius 3 is 2.11 bits per heavy atom. The van der Waals surface area contributed by atoms with Crippen molar-refractivity contribution in [3.8, 4) is 11.4 Å². The number of anilines is 1. The van der Waals surface area contributed by atoms with Crippen molar-refractivity contribution in [1.29, 1.82) is 0 Å². The second-order valence-corrected chi connectivity index (χ2v) is 6.56. The molecule has 0 unspecified atom stereocenters. The summed E-state index contributed by atoms with van der Waals surface area (Å²) >= 11 is 0. The molecule has 3 aromatic rings. The van der Waals surface area contributed by atoms with E-state index in [-0.39, 0.29) is 22.9 Å². The molecular formula is C21H25N3O4. The molecule has 0 saturated carbocycles. The summed E-state index contributed by atoms with van der Waals surface area (Å²) in [6.45, 7) is 6.00. The predicted molar refractivity (Wildman–Crippen MR) is 110 cm³/mol. The van der Waals surface area contributed by atoms with Crippen molar-refractivity contribution in [3.63, 3.8) is 0 Å². The summed E-state index contributed by atoms with van der Waals surface area (Å²) in [6, 6.07) is 15.7. The first-order chi connectivity index (χ1) is 13.2. The smallest absolute Gasteiger partial charge is 0.339 e. The minimum absolute atomic E-state index is 0.00472. The van der Waals surface area contributed by atoms with Gasteiger partial charge in [-0.2, -0.15) is 0 Å². The highest BCUT2D eigenvalue weighted by atomic mass is 16.4. The molecule has 148 valence electrons. The molecule has 0 radical (unpaired) electrons. The maximum atomic E-state index is 12.4. The van der Waals surface area contributed by atoms with Crippen LogP contribution in [0.15, 0.2) is 59.4 Å². The Balaban J connectivity index is 0.000000237. The fraction of sp³-hybridized carbons (Fsp3) is 0.238. The highest BCUT2D eigenvalue weighted by molar-refractivity contribution is 5.90. The number of aromatic carboxylic acids is 1. The molecule has 0 aliphatic heterocycles. The maximum Gasteiger partial charge on any atom is 0.339 e. The van der Waals surface area contributed by atoms with E-state index < -0.39 is 5.97 Å². The summed E-state index contributed by atoms with van der Waals surface area (Å²) in [5.41, 5.74) is 2.43. The number of carboxylic acids is 1. The third-order valence-electron chi connectivity index (χ3n) is 4.12. The Bertz CT molecular complexity index is 1000. The third kappa shape index (κ3) is 4.62. The molecule has 7 nitrogen and oxygen atoms in total. The van der Waals surface area contributed by atoms with Gasteiger partial charge in [-0.15, -0.1) is 0 Å². The topological polar surface area (TPSA) is 96.5 Å². The van der Waals surface area contributed by atoms with Gasteiger partial charge in [0.05, 0.1) is 11.4 Å². The van der Waals surface area contributed by atoms with E-state index in [1.165, 1.54) is 12.1 Å². The van der Waals surface area contributed by atoms with Crippen molar-refractivity contribution < 1.29 is 15.0 Å². The van der Waals surface area contributed by atoms with Gasteiger partial charge in [-0.05, 0) is 45.0 Å². The zero-order chi connectivity index (χ0) is 20.8. The fourth-order valence-corrected chi connectivity index (χ4v) is 2.68. The summed E-state index contributed by atoms with van der Waals surface area (Å²) in [6.07, 6.45) is 0. The van der Waals surface area contributed by atoms with Crippen LogP contribution in [0.1, 0.15) is 29.9 Å². The van der Waals surface area contributed by atoms with Crippen LogP contribution in [-0.2, 0) is 7.05 Å². The zero-order valence-corrected chi connectivity index (χ0v) is 16.4. The van der Waals surface area contributed by atoms with Crippen LogP contribution < -0.4 is 10.9 Å². The minimum Gasteiger partial charge on any atom is -0.507 e. The molecule has 7 heteroatoms. The summed E-state index contributed by atoms with van der Waals surface area (Å²) in [7, 11) is 1.90. The van der Waals surface area contributed by atoms with Gasteiger partial charge in [0.15, 0.2) is 0 Å². The van der Waals surface area contributed by atoms with Crippen molar-refractivity contribution in [3.05, 3.63) is 76.2 Å². The van der Waals surface area contributed by atoms with E-state index in [2.05, 4.69) is 5.32 Å². The van der Waals surface area contributed by atoms with Gasteiger partial charge in [-0.25, -0.2) is 9.48 Å². The van der Waals surface area contributed by atoms with Crippen molar-refractivity contribution in [2.45, 2.75) is 26.8 Å². The van der Waals surface area contributed by atoms with Crippen LogP contribution in [0, 0.1) is 6.92 Å². The number of para-hydroxylation sites is 2. The number of nitrogens with one attached hydrogen (secondary N) is 1. The van der Waals surface area contributed by atoms with Gasteiger partial charge in [0, 0.05) is 13.1 Å².